The van der Waals surface area contributed by atoms with Gasteiger partial charge in [-0.05, 0) is 106 Å². The van der Waals surface area contributed by atoms with E-state index in [9.17, 15) is 18.4 Å². The molecule has 1 unspecified atom stereocenters. The van der Waals surface area contributed by atoms with Crippen molar-refractivity contribution in [2.45, 2.75) is 72.9 Å². The van der Waals surface area contributed by atoms with Gasteiger partial charge in [0, 0.05) is 18.3 Å². The number of carbonyl (C=O) groups excluding carboxylic acids is 1. The lowest BCUT2D eigenvalue weighted by Crippen LogP contribution is -2.40. The third-order valence-electron chi connectivity index (χ3n) is 7.36. The second-order valence-corrected chi connectivity index (χ2v) is 11.7. The van der Waals surface area contributed by atoms with Gasteiger partial charge in [-0.2, -0.15) is 0 Å². The Hall–Kier alpha value is -3.39. The van der Waals surface area contributed by atoms with Crippen LogP contribution in [0.1, 0.15) is 73.5 Å². The molecular weight excluding hydrogens is 527 g/mol. The lowest BCUT2D eigenvalue weighted by Gasteiger charge is -2.26. The standard InChI is InChI=1S/C33H42F3N3O2/c1-9-28(25-16-24(17-26(34)31(25)36)30-21(5)13-20(4)14-22(30)6)37-32(40)29(12-19(2)3)39-18-23(10-11-38(7)8)15-27(35)33(39)41/h13-19,28-29H,9-12H2,1-8H3,(H,37,40)/t28-,29?/m0/s1. The summed E-state index contributed by atoms with van der Waals surface area (Å²) >= 11 is 0. The average molecular weight is 570 g/mol. The number of likely N-dealkylation sites (N-methyl/N-ethyl adjacent to an activating group) is 1. The Morgan fingerprint density at radius 3 is 2.17 bits per heavy atom. The molecule has 0 radical (unpaired) electrons. The van der Waals surface area contributed by atoms with Crippen molar-refractivity contribution in [1.82, 2.24) is 14.8 Å². The second-order valence-electron chi connectivity index (χ2n) is 11.7. The Morgan fingerprint density at radius 2 is 1.61 bits per heavy atom. The predicted octanol–water partition coefficient (Wildman–Crippen LogP) is 6.82. The van der Waals surface area contributed by atoms with E-state index in [1.54, 1.807) is 13.0 Å². The average Bonchev–Trinajstić information content (AvgIpc) is 2.87. The number of carbonyl (C=O) groups is 1. The van der Waals surface area contributed by atoms with E-state index in [4.69, 9.17) is 0 Å². The smallest absolute Gasteiger partial charge is 0.287 e. The van der Waals surface area contributed by atoms with Crippen LogP contribution < -0.4 is 10.9 Å². The summed E-state index contributed by atoms with van der Waals surface area (Å²) in [5, 5.41) is 2.85. The Balaban J connectivity index is 2.04. The molecule has 0 spiro atoms. The van der Waals surface area contributed by atoms with E-state index in [2.05, 4.69) is 5.32 Å². The molecular formula is C33H42F3N3O2. The van der Waals surface area contributed by atoms with Crippen molar-refractivity contribution in [3.8, 4) is 11.1 Å². The topological polar surface area (TPSA) is 54.3 Å². The molecule has 3 aromatic rings. The Kier molecular flexibility index (Phi) is 10.6. The first-order chi connectivity index (χ1) is 19.2. The molecule has 222 valence electrons. The lowest BCUT2D eigenvalue weighted by atomic mass is 9.91. The molecule has 5 nitrogen and oxygen atoms in total. The monoisotopic (exact) mass is 569 g/mol. The van der Waals surface area contributed by atoms with Crippen molar-refractivity contribution < 1.29 is 18.0 Å². The minimum Gasteiger partial charge on any atom is -0.347 e. The molecule has 2 aromatic carbocycles. The van der Waals surface area contributed by atoms with Crippen molar-refractivity contribution >= 4 is 5.91 Å². The molecule has 1 amide bonds. The number of benzene rings is 2. The SMILES string of the molecule is CC[C@H](NC(=O)C(CC(C)C)n1cc(CCN(C)C)cc(F)c1=O)c1cc(-c2c(C)cc(C)cc2C)cc(F)c1F. The molecule has 0 bridgehead atoms. The lowest BCUT2D eigenvalue weighted by molar-refractivity contribution is -0.125. The summed E-state index contributed by atoms with van der Waals surface area (Å²) in [6.07, 6.45) is 2.56. The van der Waals surface area contributed by atoms with Crippen molar-refractivity contribution in [1.29, 1.82) is 0 Å². The molecule has 0 aliphatic rings. The largest absolute Gasteiger partial charge is 0.347 e. The normalized spacial score (nSPS) is 13.1. The maximum atomic E-state index is 15.3. The van der Waals surface area contributed by atoms with Crippen LogP contribution in [-0.2, 0) is 11.2 Å². The number of rotatable bonds is 11. The molecule has 8 heteroatoms. The summed E-state index contributed by atoms with van der Waals surface area (Å²) in [5.74, 6) is -3.52. The predicted molar refractivity (Wildman–Crippen MR) is 159 cm³/mol. The molecule has 1 heterocycles. The number of nitrogens with zero attached hydrogens (tertiary/aromatic N) is 2. The van der Waals surface area contributed by atoms with Crippen molar-refractivity contribution in [2.75, 3.05) is 20.6 Å². The van der Waals surface area contributed by atoms with Gasteiger partial charge in [0.05, 0.1) is 6.04 Å². The first kappa shape index (κ1) is 32.1. The summed E-state index contributed by atoms with van der Waals surface area (Å²) in [6, 6.07) is 6.06. The zero-order valence-corrected chi connectivity index (χ0v) is 25.4. The van der Waals surface area contributed by atoms with Gasteiger partial charge in [0.25, 0.3) is 5.56 Å². The molecule has 1 N–H and O–H groups in total. The molecule has 1 aromatic heterocycles. The number of aromatic nitrogens is 1. The molecule has 0 fully saturated rings. The van der Waals surface area contributed by atoms with Crippen molar-refractivity contribution in [2.24, 2.45) is 5.92 Å². The highest BCUT2D eigenvalue weighted by Crippen LogP contribution is 2.34. The van der Waals surface area contributed by atoms with Crippen LogP contribution in [0.5, 0.6) is 0 Å². The van der Waals surface area contributed by atoms with E-state index in [1.165, 1.54) is 18.3 Å². The fourth-order valence-corrected chi connectivity index (χ4v) is 5.45. The quantitative estimate of drug-likeness (QED) is 0.276. The summed E-state index contributed by atoms with van der Waals surface area (Å²) in [4.78, 5) is 28.6. The number of aryl methyl sites for hydroxylation is 3. The zero-order valence-electron chi connectivity index (χ0n) is 25.4. The van der Waals surface area contributed by atoms with E-state index < -0.39 is 41.0 Å². The van der Waals surface area contributed by atoms with Crippen LogP contribution in [0.3, 0.4) is 0 Å². The first-order valence-electron chi connectivity index (χ1n) is 14.2. The third-order valence-corrected chi connectivity index (χ3v) is 7.36. The summed E-state index contributed by atoms with van der Waals surface area (Å²) in [6.45, 7) is 12.0. The van der Waals surface area contributed by atoms with Crippen LogP contribution in [0.25, 0.3) is 11.1 Å². The van der Waals surface area contributed by atoms with Gasteiger partial charge in [-0.3, -0.25) is 9.59 Å². The Morgan fingerprint density at radius 1 is 0.976 bits per heavy atom. The van der Waals surface area contributed by atoms with E-state index in [0.29, 0.717) is 24.1 Å². The van der Waals surface area contributed by atoms with Crippen LogP contribution in [0.4, 0.5) is 13.2 Å². The van der Waals surface area contributed by atoms with Gasteiger partial charge in [0.1, 0.15) is 6.04 Å². The maximum absolute atomic E-state index is 15.3. The van der Waals surface area contributed by atoms with E-state index >= 15 is 4.39 Å². The summed E-state index contributed by atoms with van der Waals surface area (Å²) < 4.78 is 46.1. The number of pyridine rings is 1. The number of hydrogen-bond donors (Lipinski definition) is 1. The van der Waals surface area contributed by atoms with Gasteiger partial charge in [-0.15, -0.1) is 0 Å². The van der Waals surface area contributed by atoms with Gasteiger partial charge in [-0.25, -0.2) is 13.2 Å². The summed E-state index contributed by atoms with van der Waals surface area (Å²) in [5.41, 5.74) is 3.99. The minimum atomic E-state index is -1.03. The highest BCUT2D eigenvalue weighted by molar-refractivity contribution is 5.81. The van der Waals surface area contributed by atoms with E-state index in [0.717, 1.165) is 26.8 Å². The first-order valence-corrected chi connectivity index (χ1v) is 14.2. The van der Waals surface area contributed by atoms with Crippen molar-refractivity contribution in [3.05, 3.63) is 92.2 Å². The van der Waals surface area contributed by atoms with Gasteiger partial charge in [0.15, 0.2) is 17.5 Å². The van der Waals surface area contributed by atoms with Gasteiger partial charge >= 0.3 is 0 Å². The second kappa shape index (κ2) is 13.5. The third kappa shape index (κ3) is 7.67. The molecule has 41 heavy (non-hydrogen) atoms. The fraction of sp³-hybridized carbons (Fsp3) is 0.455. The van der Waals surface area contributed by atoms with Gasteiger partial charge in [-0.1, -0.05) is 38.5 Å². The van der Waals surface area contributed by atoms with Crippen LogP contribution in [0.2, 0.25) is 0 Å². The minimum absolute atomic E-state index is 0.00350. The molecule has 3 rings (SSSR count). The fourth-order valence-electron chi connectivity index (χ4n) is 5.45. The Labute approximate surface area is 241 Å². The number of nitrogens with one attached hydrogen (secondary N) is 1. The van der Waals surface area contributed by atoms with E-state index in [1.807, 2.05) is 65.7 Å². The van der Waals surface area contributed by atoms with Crippen LogP contribution in [-0.4, -0.2) is 36.0 Å². The maximum Gasteiger partial charge on any atom is 0.287 e. The molecule has 0 aliphatic carbocycles. The number of halogens is 3. The number of hydrogen-bond acceptors (Lipinski definition) is 3. The van der Waals surface area contributed by atoms with Crippen LogP contribution >= 0.6 is 0 Å². The summed E-state index contributed by atoms with van der Waals surface area (Å²) in [7, 11) is 3.79. The number of amides is 1. The molecule has 2 atom stereocenters. The highest BCUT2D eigenvalue weighted by atomic mass is 19.2. The van der Waals surface area contributed by atoms with E-state index in [-0.39, 0.29) is 24.3 Å². The van der Waals surface area contributed by atoms with Crippen LogP contribution in [0.15, 0.2) is 41.3 Å². The molecule has 0 saturated carbocycles. The van der Waals surface area contributed by atoms with Crippen molar-refractivity contribution in [3.63, 3.8) is 0 Å². The molecule has 0 aliphatic heterocycles. The molecule has 0 saturated heterocycles. The Bertz CT molecular complexity index is 1440. The van der Waals surface area contributed by atoms with Gasteiger partial charge in [0.2, 0.25) is 5.91 Å². The zero-order chi connectivity index (χ0) is 30.6. The van der Waals surface area contributed by atoms with Crippen LogP contribution in [0, 0.1) is 44.1 Å². The highest BCUT2D eigenvalue weighted by Gasteiger charge is 2.28. The van der Waals surface area contributed by atoms with Gasteiger partial charge < -0.3 is 14.8 Å².